The Kier molecular flexibility index (Phi) is 4.16. The lowest BCUT2D eigenvalue weighted by atomic mass is 9.95. The Morgan fingerprint density at radius 2 is 2.00 bits per heavy atom. The van der Waals surface area contributed by atoms with Gasteiger partial charge in [0.25, 0.3) is 0 Å². The Bertz CT molecular complexity index is 617. The highest BCUT2D eigenvalue weighted by Crippen LogP contribution is 2.33. The van der Waals surface area contributed by atoms with Crippen molar-refractivity contribution in [3.8, 4) is 5.75 Å². The van der Waals surface area contributed by atoms with Gasteiger partial charge in [-0.2, -0.15) is 0 Å². The molecule has 2 heterocycles. The van der Waals surface area contributed by atoms with Crippen LogP contribution in [-0.4, -0.2) is 17.2 Å². The molecule has 0 saturated heterocycles. The van der Waals surface area contributed by atoms with Crippen molar-refractivity contribution in [3.63, 3.8) is 0 Å². The highest BCUT2D eigenvalue weighted by molar-refractivity contribution is 7.12. The molecule has 0 fully saturated rings. The van der Waals surface area contributed by atoms with Crippen molar-refractivity contribution in [3.05, 3.63) is 44.9 Å². The minimum absolute atomic E-state index is 0.482. The fraction of sp³-hybridized carbons (Fsp3) is 0.438. The van der Waals surface area contributed by atoms with Crippen LogP contribution in [0.1, 0.15) is 33.5 Å². The van der Waals surface area contributed by atoms with Gasteiger partial charge in [-0.05, 0) is 39.8 Å². The fourth-order valence-electron chi connectivity index (χ4n) is 2.39. The molecule has 0 radical (unpaired) electrons. The molecule has 2 rings (SSSR count). The number of methoxy groups -OCH3 is 1. The van der Waals surface area contributed by atoms with E-state index in [1.54, 1.807) is 24.6 Å². The first-order valence-corrected chi connectivity index (χ1v) is 7.45. The molecule has 1 atom stereocenters. The van der Waals surface area contributed by atoms with E-state index in [-0.39, 0.29) is 0 Å². The molecule has 1 unspecified atom stereocenters. The van der Waals surface area contributed by atoms with E-state index in [1.807, 2.05) is 39.8 Å². The number of hydrogen-bond acceptors (Lipinski definition) is 4. The topological polar surface area (TPSA) is 42.4 Å². The van der Waals surface area contributed by atoms with Gasteiger partial charge in [-0.25, -0.2) is 0 Å². The second-order valence-electron chi connectivity index (χ2n) is 5.41. The van der Waals surface area contributed by atoms with Gasteiger partial charge >= 0.3 is 0 Å². The third kappa shape index (κ3) is 2.86. The van der Waals surface area contributed by atoms with Gasteiger partial charge in [-0.1, -0.05) is 0 Å². The van der Waals surface area contributed by atoms with Crippen LogP contribution < -0.4 is 4.74 Å². The summed E-state index contributed by atoms with van der Waals surface area (Å²) in [5.74, 6) is 0.855. The number of rotatable bonds is 4. The van der Waals surface area contributed by atoms with Crippen LogP contribution in [0.2, 0.25) is 0 Å². The van der Waals surface area contributed by atoms with Gasteiger partial charge in [0.2, 0.25) is 0 Å². The Morgan fingerprint density at radius 3 is 2.55 bits per heavy atom. The summed E-state index contributed by atoms with van der Waals surface area (Å²) >= 11 is 1.62. The molecule has 20 heavy (non-hydrogen) atoms. The second-order valence-corrected chi connectivity index (χ2v) is 6.69. The maximum atomic E-state index is 10.7. The molecular weight excluding hydrogens is 270 g/mol. The highest BCUT2D eigenvalue weighted by atomic mass is 32.1. The van der Waals surface area contributed by atoms with Crippen molar-refractivity contribution in [2.75, 3.05) is 7.11 Å². The lowest BCUT2D eigenvalue weighted by molar-refractivity contribution is 0.0602. The molecular formula is C16H21NO2S. The third-order valence-electron chi connectivity index (χ3n) is 3.53. The van der Waals surface area contributed by atoms with E-state index in [2.05, 4.69) is 4.98 Å². The Morgan fingerprint density at radius 1 is 1.30 bits per heavy atom. The standard InChI is InChI=1S/C16H21NO2S/c1-10-9-17-13(12(3)15(10)19-5)8-16(4,18)14-7-6-11(2)20-14/h6-7,9,18H,8H2,1-5H3. The monoisotopic (exact) mass is 291 g/mol. The minimum Gasteiger partial charge on any atom is -0.496 e. The maximum Gasteiger partial charge on any atom is 0.128 e. The molecule has 108 valence electrons. The van der Waals surface area contributed by atoms with E-state index in [4.69, 9.17) is 4.74 Å². The number of aliphatic hydroxyl groups is 1. The minimum atomic E-state index is -0.906. The van der Waals surface area contributed by atoms with Gasteiger partial charge in [0.05, 0.1) is 12.8 Å². The van der Waals surface area contributed by atoms with Crippen molar-refractivity contribution < 1.29 is 9.84 Å². The zero-order valence-electron chi connectivity index (χ0n) is 12.7. The van der Waals surface area contributed by atoms with Crippen molar-refractivity contribution in [2.24, 2.45) is 0 Å². The number of ether oxygens (including phenoxy) is 1. The Labute approximate surface area is 124 Å². The predicted molar refractivity (Wildman–Crippen MR) is 82.6 cm³/mol. The van der Waals surface area contributed by atoms with E-state index in [9.17, 15) is 5.11 Å². The smallest absolute Gasteiger partial charge is 0.128 e. The lowest BCUT2D eigenvalue weighted by Gasteiger charge is -2.23. The van der Waals surface area contributed by atoms with Gasteiger partial charge in [-0.15, -0.1) is 11.3 Å². The van der Waals surface area contributed by atoms with E-state index >= 15 is 0 Å². The van der Waals surface area contributed by atoms with E-state index < -0.39 is 5.60 Å². The quantitative estimate of drug-likeness (QED) is 0.937. The van der Waals surface area contributed by atoms with Crippen molar-refractivity contribution in [1.82, 2.24) is 4.98 Å². The van der Waals surface area contributed by atoms with Crippen LogP contribution in [0.25, 0.3) is 0 Å². The molecule has 0 bridgehead atoms. The number of thiophene rings is 1. The molecule has 0 saturated carbocycles. The molecule has 0 aliphatic rings. The number of aryl methyl sites for hydroxylation is 2. The third-order valence-corrected chi connectivity index (χ3v) is 4.79. The summed E-state index contributed by atoms with van der Waals surface area (Å²) in [5.41, 5.74) is 1.99. The van der Waals surface area contributed by atoms with Crippen molar-refractivity contribution in [1.29, 1.82) is 0 Å². The predicted octanol–water partition coefficient (Wildman–Crippen LogP) is 3.53. The van der Waals surface area contributed by atoms with Crippen LogP contribution in [-0.2, 0) is 12.0 Å². The summed E-state index contributed by atoms with van der Waals surface area (Å²) < 4.78 is 5.42. The van der Waals surface area contributed by atoms with Crippen LogP contribution in [0, 0.1) is 20.8 Å². The molecule has 4 heteroatoms. The lowest BCUT2D eigenvalue weighted by Crippen LogP contribution is -2.24. The summed E-state index contributed by atoms with van der Waals surface area (Å²) in [4.78, 5) is 6.64. The molecule has 0 aromatic carbocycles. The molecule has 0 spiro atoms. The summed E-state index contributed by atoms with van der Waals surface area (Å²) in [7, 11) is 1.67. The maximum absolute atomic E-state index is 10.7. The van der Waals surface area contributed by atoms with Gasteiger partial charge in [0.1, 0.15) is 11.4 Å². The molecule has 2 aromatic heterocycles. The first-order valence-electron chi connectivity index (χ1n) is 6.63. The molecule has 1 N–H and O–H groups in total. The van der Waals surface area contributed by atoms with E-state index in [0.717, 1.165) is 27.4 Å². The molecule has 0 aliphatic heterocycles. The van der Waals surface area contributed by atoms with Gasteiger partial charge < -0.3 is 9.84 Å². The Hall–Kier alpha value is -1.39. The highest BCUT2D eigenvalue weighted by Gasteiger charge is 2.27. The van der Waals surface area contributed by atoms with Crippen LogP contribution >= 0.6 is 11.3 Å². The van der Waals surface area contributed by atoms with Crippen LogP contribution in [0.3, 0.4) is 0 Å². The van der Waals surface area contributed by atoms with Crippen molar-refractivity contribution in [2.45, 2.75) is 39.7 Å². The summed E-state index contributed by atoms with van der Waals surface area (Å²) in [5, 5.41) is 10.7. The number of nitrogens with zero attached hydrogens (tertiary/aromatic N) is 1. The molecule has 0 amide bonds. The number of aromatic nitrogens is 1. The van der Waals surface area contributed by atoms with E-state index in [1.165, 1.54) is 4.88 Å². The van der Waals surface area contributed by atoms with Crippen molar-refractivity contribution >= 4 is 11.3 Å². The largest absolute Gasteiger partial charge is 0.496 e. The summed E-state index contributed by atoms with van der Waals surface area (Å²) in [6, 6.07) is 4.02. The second kappa shape index (κ2) is 5.54. The summed E-state index contributed by atoms with van der Waals surface area (Å²) in [6.45, 7) is 7.85. The van der Waals surface area contributed by atoms with E-state index in [0.29, 0.717) is 6.42 Å². The molecule has 0 aliphatic carbocycles. The zero-order chi connectivity index (χ0) is 14.9. The SMILES string of the molecule is COc1c(C)cnc(CC(C)(O)c2ccc(C)s2)c1C. The van der Waals surface area contributed by atoms with Crippen LogP contribution in [0.5, 0.6) is 5.75 Å². The molecule has 3 nitrogen and oxygen atoms in total. The zero-order valence-corrected chi connectivity index (χ0v) is 13.5. The molecule has 2 aromatic rings. The normalized spacial score (nSPS) is 14.1. The van der Waals surface area contributed by atoms with Crippen LogP contribution in [0.15, 0.2) is 18.3 Å². The first-order chi connectivity index (χ1) is 9.35. The van der Waals surface area contributed by atoms with Gasteiger partial charge in [0, 0.05) is 33.5 Å². The summed E-state index contributed by atoms with van der Waals surface area (Å²) in [6.07, 6.45) is 2.28. The fourth-order valence-corrected chi connectivity index (χ4v) is 3.30. The number of hydrogen-bond donors (Lipinski definition) is 1. The Balaban J connectivity index is 2.34. The van der Waals surface area contributed by atoms with Gasteiger partial charge in [-0.3, -0.25) is 4.98 Å². The van der Waals surface area contributed by atoms with Crippen LogP contribution in [0.4, 0.5) is 0 Å². The average Bonchev–Trinajstić information content (AvgIpc) is 2.81. The number of pyridine rings is 1. The first kappa shape index (κ1) is 15.0. The van der Waals surface area contributed by atoms with Gasteiger partial charge in [0.15, 0.2) is 0 Å². The average molecular weight is 291 g/mol.